The molecule has 0 saturated heterocycles. The maximum absolute atomic E-state index is 2.36. The third-order valence-electron chi connectivity index (χ3n) is 4.30. The van der Waals surface area contributed by atoms with E-state index in [-0.39, 0.29) is 44.0 Å². The summed E-state index contributed by atoms with van der Waals surface area (Å²) in [6.07, 6.45) is 6.91. The predicted molar refractivity (Wildman–Crippen MR) is 80.8 cm³/mol. The Bertz CT molecular complexity index is 760. The second-order valence-corrected chi connectivity index (χ2v) is 7.73. The van der Waals surface area contributed by atoms with Crippen LogP contribution in [-0.2, 0) is 25.6 Å². The fourth-order valence-corrected chi connectivity index (χ4v) is 5.36. The van der Waals surface area contributed by atoms with Crippen molar-refractivity contribution in [3.63, 3.8) is 0 Å². The van der Waals surface area contributed by atoms with Crippen molar-refractivity contribution in [1.82, 2.24) is 0 Å². The smallest absolute Gasteiger partial charge is 1.00 e. The monoisotopic (exact) mass is 362 g/mol. The average Bonchev–Trinajstić information content (AvgIpc) is 3.04. The SMILES string of the molecule is CC1=[C]([Ti+2][c]2cccc3c2Cc2ccccc2-3)CC=C1.[Cl-].[Cl-]. The zero-order chi connectivity index (χ0) is 13.5. The summed E-state index contributed by atoms with van der Waals surface area (Å²) in [5.74, 6) is 0. The molecule has 4 rings (SSSR count). The van der Waals surface area contributed by atoms with E-state index in [1.807, 2.05) is 0 Å². The van der Waals surface area contributed by atoms with E-state index in [2.05, 4.69) is 61.5 Å². The van der Waals surface area contributed by atoms with Crippen LogP contribution in [0.3, 0.4) is 0 Å². The molecule has 0 aliphatic heterocycles. The largest absolute Gasteiger partial charge is 1.00 e. The molecule has 0 amide bonds. The van der Waals surface area contributed by atoms with Crippen LogP contribution >= 0.6 is 0 Å². The summed E-state index contributed by atoms with van der Waals surface area (Å²) in [7, 11) is 0. The number of benzene rings is 2. The Morgan fingerprint density at radius 1 is 0.909 bits per heavy atom. The molecule has 22 heavy (non-hydrogen) atoms. The van der Waals surface area contributed by atoms with Gasteiger partial charge in [0.1, 0.15) is 0 Å². The molecule has 0 saturated carbocycles. The molecule has 2 aromatic carbocycles. The van der Waals surface area contributed by atoms with Gasteiger partial charge in [0.2, 0.25) is 0 Å². The van der Waals surface area contributed by atoms with Gasteiger partial charge in [0.05, 0.1) is 0 Å². The van der Waals surface area contributed by atoms with Gasteiger partial charge in [0.25, 0.3) is 0 Å². The quantitative estimate of drug-likeness (QED) is 0.472. The Morgan fingerprint density at radius 2 is 1.68 bits per heavy atom. The molecule has 0 N–H and O–H groups in total. The first-order valence-corrected chi connectivity index (χ1v) is 8.72. The first-order valence-electron chi connectivity index (χ1n) is 7.16. The number of hydrogen-bond donors (Lipinski definition) is 0. The minimum Gasteiger partial charge on any atom is -1.00 e. The second-order valence-electron chi connectivity index (χ2n) is 5.56. The zero-order valence-electron chi connectivity index (χ0n) is 12.4. The van der Waals surface area contributed by atoms with Crippen LogP contribution in [-0.4, -0.2) is 0 Å². The number of halogens is 2. The van der Waals surface area contributed by atoms with Gasteiger partial charge in [-0.05, 0) is 0 Å². The van der Waals surface area contributed by atoms with Crippen LogP contribution in [0.1, 0.15) is 24.5 Å². The van der Waals surface area contributed by atoms with Gasteiger partial charge in [0.15, 0.2) is 0 Å². The van der Waals surface area contributed by atoms with E-state index in [9.17, 15) is 0 Å². The summed E-state index contributed by atoms with van der Waals surface area (Å²) >= 11 is -0.161. The van der Waals surface area contributed by atoms with Crippen molar-refractivity contribution in [2.75, 3.05) is 0 Å². The molecule has 3 heteroatoms. The molecule has 110 valence electrons. The van der Waals surface area contributed by atoms with Crippen molar-refractivity contribution in [3.05, 3.63) is 75.2 Å². The number of hydrogen-bond acceptors (Lipinski definition) is 0. The van der Waals surface area contributed by atoms with Crippen molar-refractivity contribution in [3.8, 4) is 11.1 Å². The summed E-state index contributed by atoms with van der Waals surface area (Å²) in [4.78, 5) is 0. The molecule has 0 heterocycles. The average molecular weight is 363 g/mol. The van der Waals surface area contributed by atoms with Gasteiger partial charge in [-0.3, -0.25) is 0 Å². The van der Waals surface area contributed by atoms with Crippen LogP contribution in [0.5, 0.6) is 0 Å². The van der Waals surface area contributed by atoms with Gasteiger partial charge in [-0.2, -0.15) is 0 Å². The summed E-state index contributed by atoms with van der Waals surface area (Å²) < 4.78 is 3.34. The van der Waals surface area contributed by atoms with Gasteiger partial charge in [-0.25, -0.2) is 0 Å². The Hall–Kier alpha value is -0.786. The minimum atomic E-state index is -0.161. The van der Waals surface area contributed by atoms with Crippen molar-refractivity contribution in [2.45, 2.75) is 19.8 Å². The Balaban J connectivity index is 0.000000882. The van der Waals surface area contributed by atoms with E-state index in [4.69, 9.17) is 0 Å². The number of rotatable bonds is 2. The van der Waals surface area contributed by atoms with Crippen molar-refractivity contribution < 1.29 is 44.0 Å². The maximum Gasteiger partial charge on any atom is -1.00 e. The van der Waals surface area contributed by atoms with Crippen LogP contribution in [0.25, 0.3) is 11.1 Å². The first kappa shape index (κ1) is 17.6. The van der Waals surface area contributed by atoms with E-state index in [0.29, 0.717) is 0 Å². The number of allylic oxidation sites excluding steroid dienone is 4. The summed E-state index contributed by atoms with van der Waals surface area (Å²) in [5.41, 5.74) is 7.54. The molecule has 0 atom stereocenters. The van der Waals surface area contributed by atoms with Crippen LogP contribution in [0.2, 0.25) is 0 Å². The van der Waals surface area contributed by atoms with Gasteiger partial charge >= 0.3 is 129 Å². The molecule has 0 aromatic heterocycles. The van der Waals surface area contributed by atoms with Gasteiger partial charge < -0.3 is 24.8 Å². The fraction of sp³-hybridized carbons (Fsp3) is 0.158. The van der Waals surface area contributed by atoms with Gasteiger partial charge in [-0.1, -0.05) is 0 Å². The molecule has 0 nitrogen and oxygen atoms in total. The molecule has 0 bridgehead atoms. The molecule has 2 aliphatic carbocycles. The number of fused-ring (bicyclic) bond motifs is 3. The van der Waals surface area contributed by atoms with Gasteiger partial charge in [-0.15, -0.1) is 0 Å². The topological polar surface area (TPSA) is 0 Å². The molecular weight excluding hydrogens is 347 g/mol. The van der Waals surface area contributed by atoms with E-state index >= 15 is 0 Å². The first-order chi connectivity index (χ1) is 9.83. The minimum absolute atomic E-state index is 0. The molecule has 0 fully saturated rings. The summed E-state index contributed by atoms with van der Waals surface area (Å²) in [6, 6.07) is 15.8. The van der Waals surface area contributed by atoms with Gasteiger partial charge in [0, 0.05) is 0 Å². The van der Waals surface area contributed by atoms with Crippen molar-refractivity contribution in [1.29, 1.82) is 0 Å². The van der Waals surface area contributed by atoms with Crippen LogP contribution < -0.4 is 28.7 Å². The van der Waals surface area contributed by atoms with Crippen LogP contribution in [0, 0.1) is 0 Å². The zero-order valence-corrected chi connectivity index (χ0v) is 15.4. The van der Waals surface area contributed by atoms with E-state index in [1.54, 1.807) is 13.3 Å². The molecule has 0 radical (unpaired) electrons. The van der Waals surface area contributed by atoms with E-state index in [0.717, 1.165) is 6.42 Å². The van der Waals surface area contributed by atoms with E-state index in [1.165, 1.54) is 28.7 Å². The normalized spacial score (nSPS) is 13.9. The van der Waals surface area contributed by atoms with Crippen LogP contribution in [0.15, 0.2) is 64.1 Å². The third-order valence-corrected chi connectivity index (χ3v) is 6.86. The Morgan fingerprint density at radius 3 is 2.45 bits per heavy atom. The summed E-state index contributed by atoms with van der Waals surface area (Å²) in [6.45, 7) is 2.26. The second kappa shape index (κ2) is 7.19. The Labute approximate surface area is 153 Å². The molecule has 0 unspecified atom stereocenters. The van der Waals surface area contributed by atoms with Crippen molar-refractivity contribution in [2.24, 2.45) is 0 Å². The maximum atomic E-state index is 2.36. The molecule has 0 spiro atoms. The predicted octanol–water partition coefficient (Wildman–Crippen LogP) is -1.79. The van der Waals surface area contributed by atoms with Crippen LogP contribution in [0.4, 0.5) is 0 Å². The Kier molecular flexibility index (Phi) is 5.74. The van der Waals surface area contributed by atoms with E-state index < -0.39 is 0 Å². The van der Waals surface area contributed by atoms with Crippen molar-refractivity contribution >= 4 is 3.87 Å². The standard InChI is InChI=1S/C13H9.C6H7.2ClH.Ti/c1-3-7-12-10(5-1)9-11-6-2-4-8-13(11)12;1-6-4-2-3-5-6;;;/h1-5,7-8H,9H2;2,4H,3H2,1H3;2*1H;/q;;;;+2/p-2. The third kappa shape index (κ3) is 2.98. The molecule has 2 aromatic rings. The summed E-state index contributed by atoms with van der Waals surface area (Å²) in [5, 5.41) is 0. The molecular formula is C19H16Cl2Ti. The fourth-order valence-electron chi connectivity index (χ4n) is 3.20. The molecule has 2 aliphatic rings.